The third kappa shape index (κ3) is 1.70. The third-order valence-electron chi connectivity index (χ3n) is 3.53. The van der Waals surface area contributed by atoms with Crippen LogP contribution in [0.1, 0.15) is 25.0 Å². The number of hydrogen-bond donors (Lipinski definition) is 0. The molecule has 0 heteroatoms. The summed E-state index contributed by atoms with van der Waals surface area (Å²) in [5.74, 6) is 1.40. The molecule has 17 heavy (non-hydrogen) atoms. The van der Waals surface area contributed by atoms with E-state index < -0.39 is 0 Å². The van der Waals surface area contributed by atoms with E-state index in [0.29, 0.717) is 0 Å². The molecule has 1 aliphatic carbocycles. The minimum absolute atomic E-state index is 1.28. The lowest BCUT2D eigenvalue weighted by molar-refractivity contribution is 1.19. The molecule has 83 valence electrons. The SMILES string of the molecule is C[C]1C(C)=Cc2ccc(-c3ccccc3)cc21. The zero-order chi connectivity index (χ0) is 11.8. The van der Waals surface area contributed by atoms with Crippen molar-refractivity contribution in [2.24, 2.45) is 0 Å². The van der Waals surface area contributed by atoms with E-state index in [2.05, 4.69) is 68.5 Å². The number of allylic oxidation sites excluding steroid dienone is 1. The van der Waals surface area contributed by atoms with E-state index in [1.807, 2.05) is 0 Å². The van der Waals surface area contributed by atoms with Gasteiger partial charge in [-0.25, -0.2) is 0 Å². The minimum atomic E-state index is 1.28. The molecule has 0 unspecified atom stereocenters. The normalized spacial score (nSPS) is 14.6. The Morgan fingerprint density at radius 1 is 0.765 bits per heavy atom. The van der Waals surface area contributed by atoms with Gasteiger partial charge in [0.05, 0.1) is 0 Å². The molecule has 0 saturated heterocycles. The van der Waals surface area contributed by atoms with Crippen molar-refractivity contribution in [2.75, 3.05) is 0 Å². The van der Waals surface area contributed by atoms with Gasteiger partial charge in [0.25, 0.3) is 0 Å². The molecule has 2 aromatic rings. The van der Waals surface area contributed by atoms with Gasteiger partial charge in [0.2, 0.25) is 0 Å². The Kier molecular flexibility index (Phi) is 2.36. The first-order valence-corrected chi connectivity index (χ1v) is 5.98. The van der Waals surface area contributed by atoms with Crippen LogP contribution in [0.5, 0.6) is 0 Å². The van der Waals surface area contributed by atoms with Crippen molar-refractivity contribution in [2.45, 2.75) is 13.8 Å². The summed E-state index contributed by atoms with van der Waals surface area (Å²) in [4.78, 5) is 0. The van der Waals surface area contributed by atoms with Gasteiger partial charge in [0.1, 0.15) is 0 Å². The zero-order valence-electron chi connectivity index (χ0n) is 10.2. The maximum Gasteiger partial charge on any atom is 0.0271 e. The standard InChI is InChI=1S/C17H15/c1-12-10-16-9-8-15(11-17(16)13(12)2)14-6-4-3-5-7-14/h3-11H,1-2H3. The molecule has 0 spiro atoms. The van der Waals surface area contributed by atoms with Gasteiger partial charge in [0, 0.05) is 5.92 Å². The first kappa shape index (κ1) is 10.3. The van der Waals surface area contributed by atoms with E-state index in [0.717, 1.165) is 0 Å². The topological polar surface area (TPSA) is 0 Å². The number of rotatable bonds is 1. The van der Waals surface area contributed by atoms with Crippen LogP contribution in [0.2, 0.25) is 0 Å². The molecule has 0 nitrogen and oxygen atoms in total. The van der Waals surface area contributed by atoms with Crippen LogP contribution in [0.25, 0.3) is 17.2 Å². The van der Waals surface area contributed by atoms with Gasteiger partial charge >= 0.3 is 0 Å². The molecule has 0 heterocycles. The number of hydrogen-bond acceptors (Lipinski definition) is 0. The highest BCUT2D eigenvalue weighted by Crippen LogP contribution is 2.36. The Morgan fingerprint density at radius 2 is 1.53 bits per heavy atom. The molecule has 0 aromatic heterocycles. The van der Waals surface area contributed by atoms with Crippen LogP contribution in [0.15, 0.2) is 54.1 Å². The predicted octanol–water partition coefficient (Wildman–Crippen LogP) is 4.71. The highest BCUT2D eigenvalue weighted by molar-refractivity contribution is 5.76. The maximum absolute atomic E-state index is 2.30. The highest BCUT2D eigenvalue weighted by atomic mass is 14.2. The Hall–Kier alpha value is -1.82. The molecule has 2 aromatic carbocycles. The molecular weight excluding hydrogens is 204 g/mol. The number of benzene rings is 2. The molecule has 1 radical (unpaired) electrons. The summed E-state index contributed by atoms with van der Waals surface area (Å²) in [5.41, 5.74) is 6.69. The molecule has 0 amide bonds. The zero-order valence-corrected chi connectivity index (χ0v) is 10.2. The first-order valence-electron chi connectivity index (χ1n) is 5.98. The molecular formula is C17H15. The van der Waals surface area contributed by atoms with Crippen molar-refractivity contribution >= 4 is 6.08 Å². The van der Waals surface area contributed by atoms with Crippen LogP contribution in [0.4, 0.5) is 0 Å². The van der Waals surface area contributed by atoms with Gasteiger partial charge in [-0.1, -0.05) is 61.0 Å². The highest BCUT2D eigenvalue weighted by Gasteiger charge is 2.18. The van der Waals surface area contributed by atoms with Crippen LogP contribution in [0, 0.1) is 5.92 Å². The molecule has 3 rings (SSSR count). The minimum Gasteiger partial charge on any atom is -0.0622 e. The average molecular weight is 219 g/mol. The summed E-state index contributed by atoms with van der Waals surface area (Å²) >= 11 is 0. The van der Waals surface area contributed by atoms with Crippen molar-refractivity contribution < 1.29 is 0 Å². The summed E-state index contributed by atoms with van der Waals surface area (Å²) in [7, 11) is 0. The quantitative estimate of drug-likeness (QED) is 0.651. The second kappa shape index (κ2) is 3.89. The summed E-state index contributed by atoms with van der Waals surface area (Å²) in [6.07, 6.45) is 2.26. The average Bonchev–Trinajstić information content (AvgIpc) is 2.66. The van der Waals surface area contributed by atoms with Crippen molar-refractivity contribution in [3.63, 3.8) is 0 Å². The monoisotopic (exact) mass is 219 g/mol. The molecule has 0 aliphatic heterocycles. The third-order valence-corrected chi connectivity index (χ3v) is 3.53. The fourth-order valence-electron chi connectivity index (χ4n) is 2.37. The maximum atomic E-state index is 2.30. The van der Waals surface area contributed by atoms with Crippen LogP contribution < -0.4 is 0 Å². The van der Waals surface area contributed by atoms with Crippen LogP contribution in [-0.4, -0.2) is 0 Å². The van der Waals surface area contributed by atoms with Crippen molar-refractivity contribution in [1.82, 2.24) is 0 Å². The Balaban J connectivity index is 2.08. The van der Waals surface area contributed by atoms with E-state index >= 15 is 0 Å². The lowest BCUT2D eigenvalue weighted by atomic mass is 9.95. The Bertz CT molecular complexity index is 576. The van der Waals surface area contributed by atoms with E-state index in [9.17, 15) is 0 Å². The van der Waals surface area contributed by atoms with Gasteiger partial charge in [-0.05, 0) is 35.2 Å². The number of fused-ring (bicyclic) bond motifs is 1. The van der Waals surface area contributed by atoms with Crippen LogP contribution in [-0.2, 0) is 0 Å². The Morgan fingerprint density at radius 3 is 2.29 bits per heavy atom. The molecule has 1 aliphatic rings. The smallest absolute Gasteiger partial charge is 0.0271 e. The molecule has 0 fully saturated rings. The lowest BCUT2D eigenvalue weighted by Crippen LogP contribution is -1.92. The van der Waals surface area contributed by atoms with E-state index in [4.69, 9.17) is 0 Å². The van der Waals surface area contributed by atoms with Gasteiger partial charge < -0.3 is 0 Å². The fourth-order valence-corrected chi connectivity index (χ4v) is 2.37. The van der Waals surface area contributed by atoms with E-state index in [1.54, 1.807) is 0 Å². The van der Waals surface area contributed by atoms with Crippen LogP contribution >= 0.6 is 0 Å². The Labute approximate surface area is 103 Å². The fraction of sp³-hybridized carbons (Fsp3) is 0.118. The second-order valence-electron chi connectivity index (χ2n) is 4.62. The second-order valence-corrected chi connectivity index (χ2v) is 4.62. The largest absolute Gasteiger partial charge is 0.0622 e. The van der Waals surface area contributed by atoms with Gasteiger partial charge in [-0.15, -0.1) is 0 Å². The summed E-state index contributed by atoms with van der Waals surface area (Å²) in [6.45, 7) is 4.38. The molecule has 0 N–H and O–H groups in total. The van der Waals surface area contributed by atoms with Gasteiger partial charge in [-0.3, -0.25) is 0 Å². The summed E-state index contributed by atoms with van der Waals surface area (Å²) in [6, 6.07) is 17.3. The summed E-state index contributed by atoms with van der Waals surface area (Å²) < 4.78 is 0. The van der Waals surface area contributed by atoms with Crippen LogP contribution in [0.3, 0.4) is 0 Å². The van der Waals surface area contributed by atoms with Crippen molar-refractivity contribution in [3.8, 4) is 11.1 Å². The molecule has 0 bridgehead atoms. The molecule has 0 saturated carbocycles. The van der Waals surface area contributed by atoms with Crippen molar-refractivity contribution in [1.29, 1.82) is 0 Å². The lowest BCUT2D eigenvalue weighted by Gasteiger charge is -2.09. The van der Waals surface area contributed by atoms with E-state index in [1.165, 1.54) is 33.7 Å². The van der Waals surface area contributed by atoms with Crippen molar-refractivity contribution in [3.05, 3.63) is 71.1 Å². The summed E-state index contributed by atoms with van der Waals surface area (Å²) in [5, 5.41) is 0. The molecule has 0 atom stereocenters. The van der Waals surface area contributed by atoms with E-state index in [-0.39, 0.29) is 0 Å². The predicted molar refractivity (Wildman–Crippen MR) is 73.5 cm³/mol. The van der Waals surface area contributed by atoms with Gasteiger partial charge in [-0.2, -0.15) is 0 Å². The first-order chi connectivity index (χ1) is 8.25. The van der Waals surface area contributed by atoms with Gasteiger partial charge in [0.15, 0.2) is 0 Å².